The summed E-state index contributed by atoms with van der Waals surface area (Å²) in [5, 5.41) is 0. The number of hydrogen-bond donors (Lipinski definition) is 0. The van der Waals surface area contributed by atoms with Crippen molar-refractivity contribution < 1.29 is 4.79 Å². The van der Waals surface area contributed by atoms with Crippen LogP contribution < -0.4 is 0 Å². The van der Waals surface area contributed by atoms with E-state index in [1.54, 1.807) is 0 Å². The molecule has 1 heteroatoms. The third-order valence-electron chi connectivity index (χ3n) is 4.22. The van der Waals surface area contributed by atoms with Crippen LogP contribution in [0, 0.1) is 11.8 Å². The first-order valence-electron chi connectivity index (χ1n) is 6.40. The van der Waals surface area contributed by atoms with Crippen molar-refractivity contribution in [1.82, 2.24) is 0 Å². The number of benzene rings is 1. The second kappa shape index (κ2) is 3.73. The summed E-state index contributed by atoms with van der Waals surface area (Å²) in [7, 11) is 0. The number of Topliss-reactive ketones (excluding diaryl/α,β-unsaturated/α-hetero) is 1. The van der Waals surface area contributed by atoms with E-state index >= 15 is 0 Å². The Kier molecular flexibility index (Phi) is 2.34. The number of hydrogen-bond acceptors (Lipinski definition) is 1. The maximum atomic E-state index is 12.3. The molecule has 0 aliphatic heterocycles. The topological polar surface area (TPSA) is 17.1 Å². The highest BCUT2D eigenvalue weighted by Gasteiger charge is 2.40. The lowest BCUT2D eigenvalue weighted by Crippen LogP contribution is -2.15. The molecular weight excluding hydrogens is 196 g/mol. The molecule has 0 N–H and O–H groups in total. The van der Waals surface area contributed by atoms with Gasteiger partial charge in [-0.25, -0.2) is 0 Å². The molecule has 1 aromatic carbocycles. The summed E-state index contributed by atoms with van der Waals surface area (Å²) in [5.41, 5.74) is 2.33. The third-order valence-corrected chi connectivity index (χ3v) is 4.22. The molecule has 1 nitrogen and oxygen atoms in total. The molecule has 2 aliphatic carbocycles. The lowest BCUT2D eigenvalue weighted by atomic mass is 9.77. The first-order chi connectivity index (χ1) is 7.77. The second-order valence-electron chi connectivity index (χ2n) is 5.40. The van der Waals surface area contributed by atoms with Gasteiger partial charge in [-0.3, -0.25) is 4.79 Å². The van der Waals surface area contributed by atoms with Crippen LogP contribution in [-0.4, -0.2) is 5.78 Å². The van der Waals surface area contributed by atoms with E-state index in [-0.39, 0.29) is 0 Å². The fourth-order valence-electron chi connectivity index (χ4n) is 2.68. The van der Waals surface area contributed by atoms with Gasteiger partial charge in [0.05, 0.1) is 0 Å². The lowest BCUT2D eigenvalue weighted by molar-refractivity contribution is 0.0960. The van der Waals surface area contributed by atoms with E-state index in [9.17, 15) is 4.79 Å². The zero-order chi connectivity index (χ0) is 11.1. The van der Waals surface area contributed by atoms with Crippen molar-refractivity contribution in [2.24, 2.45) is 11.8 Å². The maximum Gasteiger partial charge on any atom is 0.166 e. The summed E-state index contributed by atoms with van der Waals surface area (Å²) in [4.78, 5) is 12.3. The van der Waals surface area contributed by atoms with Gasteiger partial charge in [0.1, 0.15) is 0 Å². The fraction of sp³-hybridized carbons (Fsp3) is 0.533. The predicted molar refractivity (Wildman–Crippen MR) is 64.6 cm³/mol. The van der Waals surface area contributed by atoms with Crippen molar-refractivity contribution in [1.29, 1.82) is 0 Å². The Labute approximate surface area is 96.9 Å². The molecule has 3 rings (SSSR count). The molecular formula is C15H18O. The van der Waals surface area contributed by atoms with E-state index in [1.165, 1.54) is 24.8 Å². The van der Waals surface area contributed by atoms with Crippen molar-refractivity contribution in [2.75, 3.05) is 0 Å². The summed E-state index contributed by atoms with van der Waals surface area (Å²) in [6, 6.07) is 8.26. The quantitative estimate of drug-likeness (QED) is 0.699. The minimum atomic E-state index is 0.321. The Morgan fingerprint density at radius 1 is 1.25 bits per heavy atom. The van der Waals surface area contributed by atoms with E-state index in [4.69, 9.17) is 0 Å². The van der Waals surface area contributed by atoms with Crippen LogP contribution in [0.3, 0.4) is 0 Å². The average molecular weight is 214 g/mol. The zero-order valence-electron chi connectivity index (χ0n) is 9.78. The summed E-state index contributed by atoms with van der Waals surface area (Å²) in [6.45, 7) is 2.18. The number of carbonyl (C=O) groups is 1. The van der Waals surface area contributed by atoms with Crippen molar-refractivity contribution in [2.45, 2.75) is 38.5 Å². The molecule has 2 unspecified atom stereocenters. The molecule has 2 saturated carbocycles. The molecule has 16 heavy (non-hydrogen) atoms. The second-order valence-corrected chi connectivity index (χ2v) is 5.40. The fourth-order valence-corrected chi connectivity index (χ4v) is 2.68. The molecule has 1 aromatic rings. The van der Waals surface area contributed by atoms with Crippen LogP contribution in [0.4, 0.5) is 0 Å². The number of rotatable bonds is 3. The molecule has 2 fully saturated rings. The third kappa shape index (κ3) is 1.59. The van der Waals surface area contributed by atoms with Gasteiger partial charge in [-0.1, -0.05) is 37.6 Å². The maximum absolute atomic E-state index is 12.3. The van der Waals surface area contributed by atoms with Gasteiger partial charge in [0.25, 0.3) is 0 Å². The van der Waals surface area contributed by atoms with E-state index < -0.39 is 0 Å². The zero-order valence-corrected chi connectivity index (χ0v) is 9.78. The monoisotopic (exact) mass is 214 g/mol. The van der Waals surface area contributed by atoms with Crippen LogP contribution in [0.1, 0.15) is 54.4 Å². The molecule has 2 aliphatic rings. The van der Waals surface area contributed by atoms with E-state index in [1.807, 2.05) is 12.1 Å². The van der Waals surface area contributed by atoms with Gasteiger partial charge >= 0.3 is 0 Å². The summed E-state index contributed by atoms with van der Waals surface area (Å²) < 4.78 is 0. The van der Waals surface area contributed by atoms with Crippen LogP contribution in [-0.2, 0) is 0 Å². The van der Waals surface area contributed by atoms with Gasteiger partial charge in [0.2, 0.25) is 0 Å². The average Bonchev–Trinajstić information content (AvgIpc) is 2.93. The van der Waals surface area contributed by atoms with Gasteiger partial charge in [-0.05, 0) is 36.7 Å². The minimum absolute atomic E-state index is 0.321. The van der Waals surface area contributed by atoms with E-state index in [2.05, 4.69) is 19.1 Å². The van der Waals surface area contributed by atoms with Crippen LogP contribution in [0.5, 0.6) is 0 Å². The smallest absolute Gasteiger partial charge is 0.166 e. The van der Waals surface area contributed by atoms with Gasteiger partial charge < -0.3 is 0 Å². The Morgan fingerprint density at radius 2 is 1.94 bits per heavy atom. The highest BCUT2D eigenvalue weighted by molar-refractivity contribution is 6.01. The first-order valence-corrected chi connectivity index (χ1v) is 6.40. The van der Waals surface area contributed by atoms with Crippen molar-refractivity contribution >= 4 is 5.78 Å². The van der Waals surface area contributed by atoms with Crippen LogP contribution in [0.2, 0.25) is 0 Å². The SMILES string of the molecule is CC1CC1C(=O)c1ccccc1C1CCC1. The molecule has 0 aromatic heterocycles. The predicted octanol–water partition coefficient (Wildman–Crippen LogP) is 3.79. The Hall–Kier alpha value is -1.11. The molecule has 0 saturated heterocycles. The van der Waals surface area contributed by atoms with Crippen LogP contribution in [0.15, 0.2) is 24.3 Å². The molecule has 84 valence electrons. The van der Waals surface area contributed by atoms with E-state index in [0.717, 1.165) is 12.0 Å². The van der Waals surface area contributed by atoms with Gasteiger partial charge in [-0.15, -0.1) is 0 Å². The van der Waals surface area contributed by atoms with Gasteiger partial charge in [-0.2, -0.15) is 0 Å². The molecule has 0 spiro atoms. The number of carbonyl (C=O) groups excluding carboxylic acids is 1. The van der Waals surface area contributed by atoms with Crippen molar-refractivity contribution in [3.8, 4) is 0 Å². The molecule has 2 atom stereocenters. The Morgan fingerprint density at radius 3 is 2.50 bits per heavy atom. The highest BCUT2D eigenvalue weighted by atomic mass is 16.1. The first kappa shape index (κ1) is 10.1. The summed E-state index contributed by atoms with van der Waals surface area (Å²) in [5.74, 6) is 1.99. The lowest BCUT2D eigenvalue weighted by Gasteiger charge is -2.27. The molecule has 0 bridgehead atoms. The normalized spacial score (nSPS) is 28.6. The van der Waals surface area contributed by atoms with Crippen LogP contribution in [0.25, 0.3) is 0 Å². The molecule has 0 heterocycles. The Bertz CT molecular complexity index is 417. The van der Waals surface area contributed by atoms with Gasteiger partial charge in [0, 0.05) is 11.5 Å². The largest absolute Gasteiger partial charge is 0.294 e. The standard InChI is InChI=1S/C15H18O/c1-10-9-14(10)15(16)13-8-3-2-7-12(13)11-5-4-6-11/h2-3,7-8,10-11,14H,4-6,9H2,1H3. The van der Waals surface area contributed by atoms with Gasteiger partial charge in [0.15, 0.2) is 5.78 Å². The summed E-state index contributed by atoms with van der Waals surface area (Å²) >= 11 is 0. The highest BCUT2D eigenvalue weighted by Crippen LogP contribution is 2.43. The molecule has 0 amide bonds. The molecule has 0 radical (unpaired) electrons. The summed E-state index contributed by atoms with van der Waals surface area (Å²) in [6.07, 6.45) is 4.96. The van der Waals surface area contributed by atoms with Crippen molar-refractivity contribution in [3.05, 3.63) is 35.4 Å². The van der Waals surface area contributed by atoms with E-state index in [0.29, 0.717) is 23.5 Å². The number of ketones is 1. The van der Waals surface area contributed by atoms with Crippen LogP contribution >= 0.6 is 0 Å². The Balaban J connectivity index is 1.90. The minimum Gasteiger partial charge on any atom is -0.294 e. The van der Waals surface area contributed by atoms with Crippen molar-refractivity contribution in [3.63, 3.8) is 0 Å².